The van der Waals surface area contributed by atoms with Gasteiger partial charge in [-0.15, -0.1) is 0 Å². The van der Waals surface area contributed by atoms with Crippen LogP contribution in [0.25, 0.3) is 0 Å². The van der Waals surface area contributed by atoms with Gasteiger partial charge < -0.3 is 28.5 Å². The van der Waals surface area contributed by atoms with E-state index in [1.54, 1.807) is 0 Å². The zero-order valence-electron chi connectivity index (χ0n) is 10.7. The standard InChI is InChI=1S/C14H24N.HI/c1-14-9-3-4-10-15(14,2)11-8-12-6-5-7-13(12)14;/h3-11H2,1-2H3;1H/q+1;/p-1/t14-,15?;/m1./s1. The summed E-state index contributed by atoms with van der Waals surface area (Å²) < 4.78 is 1.35. The van der Waals surface area contributed by atoms with E-state index in [0.717, 1.165) is 0 Å². The molecule has 2 heteroatoms. The molecule has 0 N–H and O–H groups in total. The number of likely N-dealkylation sites (N-methyl/N-ethyl adjacent to an activating group) is 1. The van der Waals surface area contributed by atoms with Crippen LogP contribution in [-0.4, -0.2) is 30.2 Å². The van der Waals surface area contributed by atoms with Crippen molar-refractivity contribution in [1.29, 1.82) is 0 Å². The van der Waals surface area contributed by atoms with E-state index in [0.29, 0.717) is 5.54 Å². The largest absolute Gasteiger partial charge is 1.00 e. The van der Waals surface area contributed by atoms with Gasteiger partial charge in [-0.1, -0.05) is 5.57 Å². The average molecular weight is 333 g/mol. The minimum absolute atomic E-state index is 0. The van der Waals surface area contributed by atoms with Gasteiger partial charge >= 0.3 is 0 Å². The molecule has 1 saturated heterocycles. The lowest BCUT2D eigenvalue weighted by Crippen LogP contribution is -3.00. The monoisotopic (exact) mass is 333 g/mol. The Bertz CT molecular complexity index is 323. The van der Waals surface area contributed by atoms with Crippen molar-refractivity contribution in [1.82, 2.24) is 0 Å². The first-order chi connectivity index (χ1) is 7.16. The summed E-state index contributed by atoms with van der Waals surface area (Å²) in [5.74, 6) is 0. The molecule has 1 nitrogen and oxygen atoms in total. The molecule has 0 radical (unpaired) electrons. The van der Waals surface area contributed by atoms with E-state index in [2.05, 4.69) is 14.0 Å². The van der Waals surface area contributed by atoms with E-state index in [9.17, 15) is 0 Å². The van der Waals surface area contributed by atoms with Gasteiger partial charge in [0.15, 0.2) is 0 Å². The molecule has 0 saturated carbocycles. The Labute approximate surface area is 117 Å². The molecule has 3 rings (SSSR count). The van der Waals surface area contributed by atoms with Crippen molar-refractivity contribution in [3.8, 4) is 0 Å². The zero-order valence-corrected chi connectivity index (χ0v) is 12.8. The maximum Gasteiger partial charge on any atom is 0.118 e. The third-order valence-electron chi connectivity index (χ3n) is 5.65. The Hall–Kier alpha value is 0.430. The molecule has 1 fully saturated rings. The van der Waals surface area contributed by atoms with Crippen LogP contribution in [-0.2, 0) is 0 Å². The fraction of sp³-hybridized carbons (Fsp3) is 0.857. The van der Waals surface area contributed by atoms with Crippen LogP contribution in [0.15, 0.2) is 11.1 Å². The highest BCUT2D eigenvalue weighted by molar-refractivity contribution is 5.30. The zero-order chi connectivity index (χ0) is 10.5. The van der Waals surface area contributed by atoms with Gasteiger partial charge in [0.25, 0.3) is 0 Å². The van der Waals surface area contributed by atoms with Gasteiger partial charge in [-0.25, -0.2) is 0 Å². The molecule has 92 valence electrons. The number of halogens is 1. The minimum atomic E-state index is 0. The van der Waals surface area contributed by atoms with E-state index in [1.165, 1.54) is 62.5 Å². The van der Waals surface area contributed by atoms with Crippen LogP contribution < -0.4 is 24.0 Å². The molecule has 0 aromatic rings. The molecule has 1 unspecified atom stereocenters. The molecule has 0 bridgehead atoms. The van der Waals surface area contributed by atoms with Gasteiger partial charge in [0.05, 0.1) is 20.1 Å². The predicted octanol–water partition coefficient (Wildman–Crippen LogP) is 0.264. The van der Waals surface area contributed by atoms with Crippen LogP contribution in [0.5, 0.6) is 0 Å². The van der Waals surface area contributed by atoms with Crippen molar-refractivity contribution in [3.05, 3.63) is 11.1 Å². The first-order valence-corrected chi connectivity index (χ1v) is 6.72. The lowest BCUT2D eigenvalue weighted by molar-refractivity contribution is -0.958. The van der Waals surface area contributed by atoms with Crippen LogP contribution in [0, 0.1) is 0 Å². The Balaban J connectivity index is 0.000000963. The molecule has 0 aromatic carbocycles. The highest BCUT2D eigenvalue weighted by Gasteiger charge is 2.52. The number of hydrogen-bond acceptors (Lipinski definition) is 0. The van der Waals surface area contributed by atoms with E-state index in [4.69, 9.17) is 0 Å². The van der Waals surface area contributed by atoms with Crippen molar-refractivity contribution in [2.45, 2.75) is 57.4 Å². The molecule has 0 amide bonds. The number of piperidine rings is 1. The van der Waals surface area contributed by atoms with E-state index in [1.807, 2.05) is 11.1 Å². The van der Waals surface area contributed by atoms with Crippen LogP contribution in [0.2, 0.25) is 0 Å². The smallest absolute Gasteiger partial charge is 0.118 e. The number of rotatable bonds is 0. The Morgan fingerprint density at radius 1 is 1.00 bits per heavy atom. The lowest BCUT2D eigenvalue weighted by Gasteiger charge is -2.56. The second-order valence-electron chi connectivity index (χ2n) is 6.26. The maximum atomic E-state index is 2.56. The summed E-state index contributed by atoms with van der Waals surface area (Å²) in [6.07, 6.45) is 10.0. The third kappa shape index (κ3) is 1.59. The van der Waals surface area contributed by atoms with Gasteiger partial charge in [0, 0.05) is 12.8 Å². The van der Waals surface area contributed by atoms with Gasteiger partial charge in [-0.2, -0.15) is 0 Å². The minimum Gasteiger partial charge on any atom is -1.00 e. The van der Waals surface area contributed by atoms with E-state index < -0.39 is 0 Å². The molecule has 1 aliphatic carbocycles. The van der Waals surface area contributed by atoms with Gasteiger partial charge in [0.2, 0.25) is 0 Å². The average Bonchev–Trinajstić information content (AvgIpc) is 2.68. The maximum absolute atomic E-state index is 2.56. The molecule has 16 heavy (non-hydrogen) atoms. The van der Waals surface area contributed by atoms with Crippen molar-refractivity contribution < 1.29 is 28.5 Å². The molecule has 0 aromatic heterocycles. The normalized spacial score (nSPS) is 42.4. The first-order valence-electron chi connectivity index (χ1n) is 6.72. The number of nitrogens with zero attached hydrogens (tertiary/aromatic N) is 1. The quantitative estimate of drug-likeness (QED) is 0.339. The summed E-state index contributed by atoms with van der Waals surface area (Å²) in [7, 11) is 2.52. The molecule has 0 spiro atoms. The number of quaternary nitrogens is 1. The summed E-state index contributed by atoms with van der Waals surface area (Å²) in [5, 5.41) is 0. The third-order valence-corrected chi connectivity index (χ3v) is 5.65. The van der Waals surface area contributed by atoms with Crippen molar-refractivity contribution in [2.75, 3.05) is 20.1 Å². The summed E-state index contributed by atoms with van der Waals surface area (Å²) in [6, 6.07) is 0. The molecule has 2 heterocycles. The van der Waals surface area contributed by atoms with Gasteiger partial charge in [-0.05, 0) is 44.6 Å². The molecule has 3 aliphatic rings. The number of fused-ring (bicyclic) bond motifs is 2. The molecular formula is C14H24IN. The molecule has 2 atom stereocenters. The fourth-order valence-electron chi connectivity index (χ4n) is 4.40. The summed E-state index contributed by atoms with van der Waals surface area (Å²) in [4.78, 5) is 0. The van der Waals surface area contributed by atoms with E-state index >= 15 is 0 Å². The SMILES string of the molecule is C[C@]12CCCC[N+]1(C)CCC1=C2CCC1.[I-]. The van der Waals surface area contributed by atoms with Crippen LogP contribution in [0.3, 0.4) is 0 Å². The van der Waals surface area contributed by atoms with Crippen molar-refractivity contribution in [3.63, 3.8) is 0 Å². The second-order valence-corrected chi connectivity index (χ2v) is 6.26. The fourth-order valence-corrected chi connectivity index (χ4v) is 4.40. The first kappa shape index (κ1) is 12.9. The van der Waals surface area contributed by atoms with Crippen LogP contribution in [0.4, 0.5) is 0 Å². The Morgan fingerprint density at radius 2 is 1.81 bits per heavy atom. The summed E-state index contributed by atoms with van der Waals surface area (Å²) in [6.45, 7) is 5.40. The van der Waals surface area contributed by atoms with Crippen LogP contribution >= 0.6 is 0 Å². The highest BCUT2D eigenvalue weighted by atomic mass is 127. The predicted molar refractivity (Wildman–Crippen MR) is 63.7 cm³/mol. The topological polar surface area (TPSA) is 0 Å². The Morgan fingerprint density at radius 3 is 2.62 bits per heavy atom. The highest BCUT2D eigenvalue weighted by Crippen LogP contribution is 2.49. The summed E-state index contributed by atoms with van der Waals surface area (Å²) in [5.41, 5.74) is 4.27. The second kappa shape index (κ2) is 4.27. The van der Waals surface area contributed by atoms with Crippen LogP contribution in [0.1, 0.15) is 51.9 Å². The number of hydrogen-bond donors (Lipinski definition) is 0. The van der Waals surface area contributed by atoms with Gasteiger partial charge in [-0.3, -0.25) is 0 Å². The molecule has 2 aliphatic heterocycles. The van der Waals surface area contributed by atoms with E-state index in [-0.39, 0.29) is 24.0 Å². The van der Waals surface area contributed by atoms with Crippen molar-refractivity contribution >= 4 is 0 Å². The summed E-state index contributed by atoms with van der Waals surface area (Å²) >= 11 is 0. The van der Waals surface area contributed by atoms with Crippen molar-refractivity contribution in [2.24, 2.45) is 0 Å². The molecular weight excluding hydrogens is 309 g/mol. The lowest BCUT2D eigenvalue weighted by atomic mass is 9.74. The van der Waals surface area contributed by atoms with Gasteiger partial charge in [0.1, 0.15) is 5.54 Å². The Kier molecular flexibility index (Phi) is 3.44.